The number of benzene rings is 1. The molecule has 0 saturated heterocycles. The molecule has 1 aromatic carbocycles. The molecule has 0 bridgehead atoms. The third-order valence-corrected chi connectivity index (χ3v) is 5.28. The SMILES string of the molecule is COc1ccc(Cl)cc1C(CN)C(O)C(C)S(C)(=O)=O. The van der Waals surface area contributed by atoms with Gasteiger partial charge in [0.1, 0.15) is 5.75 Å². The molecular weight excluding hydrogens is 302 g/mol. The summed E-state index contributed by atoms with van der Waals surface area (Å²) in [6.45, 7) is 1.54. The molecule has 3 atom stereocenters. The van der Waals surface area contributed by atoms with E-state index < -0.39 is 27.1 Å². The molecule has 3 N–H and O–H groups in total. The molecule has 0 radical (unpaired) electrons. The number of methoxy groups -OCH3 is 1. The van der Waals surface area contributed by atoms with E-state index in [9.17, 15) is 13.5 Å². The van der Waals surface area contributed by atoms with Crippen LogP contribution >= 0.6 is 11.6 Å². The molecule has 0 aliphatic carbocycles. The monoisotopic (exact) mass is 321 g/mol. The molecule has 1 rings (SSSR count). The molecule has 0 saturated carbocycles. The number of halogens is 1. The Morgan fingerprint density at radius 1 is 1.45 bits per heavy atom. The van der Waals surface area contributed by atoms with Gasteiger partial charge in [-0.05, 0) is 25.1 Å². The Balaban J connectivity index is 3.23. The van der Waals surface area contributed by atoms with E-state index in [1.54, 1.807) is 18.2 Å². The molecule has 0 aliphatic heterocycles. The quantitative estimate of drug-likeness (QED) is 0.821. The van der Waals surface area contributed by atoms with Crippen LogP contribution in [0, 0.1) is 0 Å². The van der Waals surface area contributed by atoms with Crippen molar-refractivity contribution in [2.24, 2.45) is 5.73 Å². The highest BCUT2D eigenvalue weighted by Crippen LogP contribution is 2.33. The molecule has 114 valence electrons. The first kappa shape index (κ1) is 17.2. The van der Waals surface area contributed by atoms with E-state index in [4.69, 9.17) is 22.1 Å². The maximum absolute atomic E-state index is 11.6. The van der Waals surface area contributed by atoms with Gasteiger partial charge in [0.2, 0.25) is 0 Å². The average Bonchev–Trinajstić information content (AvgIpc) is 2.37. The molecule has 0 heterocycles. The highest BCUT2D eigenvalue weighted by molar-refractivity contribution is 7.91. The predicted molar refractivity (Wildman–Crippen MR) is 80.1 cm³/mol. The van der Waals surface area contributed by atoms with Crippen LogP contribution in [-0.2, 0) is 9.84 Å². The highest BCUT2D eigenvalue weighted by atomic mass is 35.5. The molecule has 5 nitrogen and oxygen atoms in total. The maximum Gasteiger partial charge on any atom is 0.152 e. The molecule has 0 aliphatic rings. The zero-order chi connectivity index (χ0) is 15.5. The third-order valence-electron chi connectivity index (χ3n) is 3.41. The van der Waals surface area contributed by atoms with Crippen molar-refractivity contribution in [3.8, 4) is 5.75 Å². The summed E-state index contributed by atoms with van der Waals surface area (Å²) in [5.41, 5.74) is 6.31. The van der Waals surface area contributed by atoms with Crippen molar-refractivity contribution in [3.63, 3.8) is 0 Å². The predicted octanol–water partition coefficient (Wildman–Crippen LogP) is 1.18. The summed E-state index contributed by atoms with van der Waals surface area (Å²) in [5, 5.41) is 9.86. The Bertz CT molecular complexity index is 561. The van der Waals surface area contributed by atoms with Crippen molar-refractivity contribution in [2.45, 2.75) is 24.2 Å². The van der Waals surface area contributed by atoms with Crippen LogP contribution in [0.3, 0.4) is 0 Å². The molecule has 0 amide bonds. The number of sulfone groups is 1. The average molecular weight is 322 g/mol. The van der Waals surface area contributed by atoms with Crippen molar-refractivity contribution < 1.29 is 18.3 Å². The second-order valence-electron chi connectivity index (χ2n) is 4.75. The van der Waals surface area contributed by atoms with Crippen LogP contribution < -0.4 is 10.5 Å². The van der Waals surface area contributed by atoms with Gasteiger partial charge in [0.05, 0.1) is 18.5 Å². The van der Waals surface area contributed by atoms with E-state index in [1.807, 2.05) is 0 Å². The lowest BCUT2D eigenvalue weighted by molar-refractivity contribution is 0.142. The summed E-state index contributed by atoms with van der Waals surface area (Å²) >= 11 is 5.95. The van der Waals surface area contributed by atoms with E-state index in [0.717, 1.165) is 6.26 Å². The van der Waals surface area contributed by atoms with Gasteiger partial charge in [-0.25, -0.2) is 8.42 Å². The van der Waals surface area contributed by atoms with Gasteiger partial charge in [0.15, 0.2) is 9.84 Å². The minimum atomic E-state index is -3.37. The van der Waals surface area contributed by atoms with Crippen LogP contribution in [0.25, 0.3) is 0 Å². The van der Waals surface area contributed by atoms with E-state index in [2.05, 4.69) is 0 Å². The van der Waals surface area contributed by atoms with Gasteiger partial charge >= 0.3 is 0 Å². The van der Waals surface area contributed by atoms with E-state index in [-0.39, 0.29) is 6.54 Å². The van der Waals surface area contributed by atoms with Crippen molar-refractivity contribution in [3.05, 3.63) is 28.8 Å². The van der Waals surface area contributed by atoms with E-state index >= 15 is 0 Å². The molecule has 3 unspecified atom stereocenters. The normalized spacial score (nSPS) is 16.5. The Morgan fingerprint density at radius 2 is 2.05 bits per heavy atom. The number of aliphatic hydroxyl groups excluding tert-OH is 1. The Labute approximate surface area is 124 Å². The minimum absolute atomic E-state index is 0.0811. The number of nitrogens with two attached hydrogens (primary N) is 1. The zero-order valence-electron chi connectivity index (χ0n) is 11.7. The van der Waals surface area contributed by atoms with Crippen molar-refractivity contribution in [1.82, 2.24) is 0 Å². The first-order valence-corrected chi connectivity index (χ1v) is 8.46. The van der Waals surface area contributed by atoms with Crippen LogP contribution in [0.15, 0.2) is 18.2 Å². The number of rotatable bonds is 6. The molecule has 0 fully saturated rings. The molecule has 0 spiro atoms. The smallest absolute Gasteiger partial charge is 0.152 e. The van der Waals surface area contributed by atoms with Gasteiger partial charge in [-0.3, -0.25) is 0 Å². The molecule has 0 aromatic heterocycles. The number of hydrogen-bond acceptors (Lipinski definition) is 5. The van der Waals surface area contributed by atoms with Gasteiger partial charge < -0.3 is 15.6 Å². The summed E-state index contributed by atoms with van der Waals surface area (Å²) < 4.78 is 28.4. The second kappa shape index (κ2) is 6.76. The second-order valence-corrected chi connectivity index (χ2v) is 7.59. The zero-order valence-corrected chi connectivity index (χ0v) is 13.3. The molecular formula is C13H20ClNO4S. The largest absolute Gasteiger partial charge is 0.496 e. The summed E-state index contributed by atoms with van der Waals surface area (Å²) in [4.78, 5) is 0. The third kappa shape index (κ3) is 3.85. The van der Waals surface area contributed by atoms with Crippen LogP contribution in [-0.4, -0.2) is 44.8 Å². The molecule has 7 heteroatoms. The van der Waals surface area contributed by atoms with Gasteiger partial charge in [0, 0.05) is 29.3 Å². The van der Waals surface area contributed by atoms with Crippen LogP contribution in [0.4, 0.5) is 0 Å². The van der Waals surface area contributed by atoms with E-state index in [1.165, 1.54) is 14.0 Å². The van der Waals surface area contributed by atoms with Gasteiger partial charge in [-0.15, -0.1) is 0 Å². The van der Waals surface area contributed by atoms with Crippen LogP contribution in [0.2, 0.25) is 5.02 Å². The Hall–Kier alpha value is -0.820. The van der Waals surface area contributed by atoms with Gasteiger partial charge in [-0.2, -0.15) is 0 Å². The standard InChI is InChI=1S/C13H20ClNO4S/c1-8(20(3,17)18)13(16)11(7-15)10-6-9(14)4-5-12(10)19-2/h4-6,8,11,13,16H,7,15H2,1-3H3. The first-order chi connectivity index (χ1) is 9.22. The summed E-state index contributed by atoms with van der Waals surface area (Å²) in [5.74, 6) is -0.0574. The number of aliphatic hydroxyl groups is 1. The van der Waals surface area contributed by atoms with Gasteiger partial charge in [0.25, 0.3) is 0 Å². The first-order valence-electron chi connectivity index (χ1n) is 6.12. The summed E-state index contributed by atoms with van der Waals surface area (Å²) in [7, 11) is -1.88. The van der Waals surface area contributed by atoms with Crippen molar-refractivity contribution >= 4 is 21.4 Å². The molecule has 20 heavy (non-hydrogen) atoms. The maximum atomic E-state index is 11.6. The fourth-order valence-electron chi connectivity index (χ4n) is 2.03. The van der Waals surface area contributed by atoms with Crippen molar-refractivity contribution in [2.75, 3.05) is 19.9 Å². The Kier molecular flexibility index (Phi) is 5.82. The fraction of sp³-hybridized carbons (Fsp3) is 0.538. The van der Waals surface area contributed by atoms with Crippen molar-refractivity contribution in [1.29, 1.82) is 0 Å². The fourth-order valence-corrected chi connectivity index (χ4v) is 2.90. The lowest BCUT2D eigenvalue weighted by Gasteiger charge is -2.27. The minimum Gasteiger partial charge on any atom is -0.496 e. The molecule has 1 aromatic rings. The van der Waals surface area contributed by atoms with E-state index in [0.29, 0.717) is 16.3 Å². The highest BCUT2D eigenvalue weighted by Gasteiger charge is 2.32. The lowest BCUT2D eigenvalue weighted by Crippen LogP contribution is -2.38. The van der Waals surface area contributed by atoms with Crippen LogP contribution in [0.5, 0.6) is 5.75 Å². The number of ether oxygens (including phenoxy) is 1. The summed E-state index contributed by atoms with van der Waals surface area (Å²) in [6.07, 6.45) is -0.0497. The summed E-state index contributed by atoms with van der Waals surface area (Å²) in [6, 6.07) is 4.96. The topological polar surface area (TPSA) is 89.6 Å². The van der Waals surface area contributed by atoms with Crippen LogP contribution in [0.1, 0.15) is 18.4 Å². The Morgan fingerprint density at radius 3 is 2.50 bits per heavy atom. The number of hydrogen-bond donors (Lipinski definition) is 2. The lowest BCUT2D eigenvalue weighted by atomic mass is 9.91. The van der Waals surface area contributed by atoms with Gasteiger partial charge in [-0.1, -0.05) is 11.6 Å².